The van der Waals surface area contributed by atoms with Gasteiger partial charge in [-0.3, -0.25) is 0 Å². The first-order valence-electron chi connectivity index (χ1n) is 8.50. The summed E-state index contributed by atoms with van der Waals surface area (Å²) in [5.74, 6) is -1.77. The van der Waals surface area contributed by atoms with Crippen LogP contribution >= 0.6 is 11.6 Å². The largest absolute Gasteiger partial charge is 0.418 e. The van der Waals surface area contributed by atoms with Crippen LogP contribution in [0, 0.1) is 11.6 Å². The molecule has 158 valence electrons. The lowest BCUT2D eigenvalue weighted by Gasteiger charge is -2.40. The Hall–Kier alpha value is -1.91. The van der Waals surface area contributed by atoms with Crippen molar-refractivity contribution in [3.05, 3.63) is 58.6 Å². The average molecular weight is 455 g/mol. The molecule has 0 unspecified atom stereocenters. The number of rotatable bonds is 3. The van der Waals surface area contributed by atoms with Crippen molar-refractivity contribution in [2.45, 2.75) is 24.0 Å². The van der Waals surface area contributed by atoms with E-state index in [4.69, 9.17) is 11.6 Å². The summed E-state index contributed by atoms with van der Waals surface area (Å²) in [4.78, 5) is 1.17. The number of piperazine rings is 1. The highest BCUT2D eigenvalue weighted by atomic mass is 35.5. The molecule has 0 saturated carbocycles. The van der Waals surface area contributed by atoms with E-state index in [0.29, 0.717) is 6.07 Å². The third-order valence-electron chi connectivity index (χ3n) is 4.67. The van der Waals surface area contributed by atoms with Crippen LogP contribution in [0.3, 0.4) is 0 Å². The molecule has 0 amide bonds. The van der Waals surface area contributed by atoms with Crippen LogP contribution in [-0.4, -0.2) is 38.4 Å². The summed E-state index contributed by atoms with van der Waals surface area (Å²) in [6.07, 6.45) is -4.76. The first-order valence-corrected chi connectivity index (χ1v) is 10.3. The van der Waals surface area contributed by atoms with Gasteiger partial charge in [0.1, 0.15) is 11.6 Å². The van der Waals surface area contributed by atoms with Gasteiger partial charge in [0.2, 0.25) is 10.0 Å². The van der Waals surface area contributed by atoms with Gasteiger partial charge in [0, 0.05) is 31.4 Å². The lowest BCUT2D eigenvalue weighted by atomic mass is 10.1. The van der Waals surface area contributed by atoms with Crippen molar-refractivity contribution in [1.29, 1.82) is 0 Å². The number of hydrogen-bond donors (Lipinski definition) is 0. The van der Waals surface area contributed by atoms with Gasteiger partial charge in [-0.2, -0.15) is 17.5 Å². The van der Waals surface area contributed by atoms with Gasteiger partial charge < -0.3 is 4.90 Å². The molecular formula is C18H16ClF5N2O2S. The van der Waals surface area contributed by atoms with Crippen molar-refractivity contribution in [1.82, 2.24) is 4.31 Å². The SMILES string of the molecule is C[C@@H]1CN(c2ccc(F)cc2C(F)(F)F)CCN1S(=O)(=O)c1ccc(F)c(Cl)c1. The van der Waals surface area contributed by atoms with Gasteiger partial charge in [-0.15, -0.1) is 0 Å². The van der Waals surface area contributed by atoms with Crippen molar-refractivity contribution in [2.24, 2.45) is 0 Å². The van der Waals surface area contributed by atoms with Crippen molar-refractivity contribution >= 4 is 27.3 Å². The third-order valence-corrected chi connectivity index (χ3v) is 6.97. The van der Waals surface area contributed by atoms with Crippen molar-refractivity contribution in [2.75, 3.05) is 24.5 Å². The Kier molecular flexibility index (Phi) is 5.81. The quantitative estimate of drug-likeness (QED) is 0.639. The fourth-order valence-electron chi connectivity index (χ4n) is 3.30. The second kappa shape index (κ2) is 7.73. The summed E-state index contributed by atoms with van der Waals surface area (Å²) < 4.78 is 93.4. The molecule has 1 fully saturated rings. The van der Waals surface area contributed by atoms with Gasteiger partial charge in [-0.1, -0.05) is 11.6 Å². The Bertz CT molecular complexity index is 1030. The highest BCUT2D eigenvalue weighted by molar-refractivity contribution is 7.89. The Balaban J connectivity index is 1.87. The summed E-state index contributed by atoms with van der Waals surface area (Å²) in [5, 5.41) is -0.349. The number of benzene rings is 2. The molecule has 1 aliphatic rings. The van der Waals surface area contributed by atoms with Crippen LogP contribution in [-0.2, 0) is 16.2 Å². The maximum Gasteiger partial charge on any atom is 0.418 e. The number of anilines is 1. The molecule has 1 heterocycles. The van der Waals surface area contributed by atoms with Gasteiger partial charge in [0.15, 0.2) is 0 Å². The molecule has 0 N–H and O–H groups in total. The molecule has 2 aromatic carbocycles. The number of halogens is 6. The highest BCUT2D eigenvalue weighted by Gasteiger charge is 2.39. The molecule has 11 heteroatoms. The molecule has 0 bridgehead atoms. The van der Waals surface area contributed by atoms with E-state index in [1.165, 1.54) is 4.90 Å². The van der Waals surface area contributed by atoms with E-state index in [0.717, 1.165) is 34.6 Å². The van der Waals surface area contributed by atoms with Crippen LogP contribution in [0.25, 0.3) is 0 Å². The van der Waals surface area contributed by atoms with Gasteiger partial charge in [-0.25, -0.2) is 17.2 Å². The van der Waals surface area contributed by atoms with Crippen LogP contribution in [0.2, 0.25) is 5.02 Å². The van der Waals surface area contributed by atoms with Gasteiger partial charge >= 0.3 is 6.18 Å². The Labute approximate surface area is 169 Å². The molecule has 1 saturated heterocycles. The normalized spacial score (nSPS) is 18.9. The van der Waals surface area contributed by atoms with Crippen molar-refractivity contribution < 1.29 is 30.4 Å². The number of hydrogen-bond acceptors (Lipinski definition) is 3. The standard InChI is InChI=1S/C18H16ClF5N2O2S/c1-11-10-25(17-5-2-12(20)8-14(17)18(22,23)24)6-7-26(11)29(27,28)13-3-4-16(21)15(19)9-13/h2-5,8-9,11H,6-7,10H2,1H3/t11-/m1/s1. The lowest BCUT2D eigenvalue weighted by molar-refractivity contribution is -0.137. The molecule has 1 aliphatic heterocycles. The summed E-state index contributed by atoms with van der Waals surface area (Å²) in [6, 6.07) is 4.70. The monoisotopic (exact) mass is 454 g/mol. The fraction of sp³-hybridized carbons (Fsp3) is 0.333. The minimum absolute atomic E-state index is 0.0345. The second-order valence-corrected chi connectivity index (χ2v) is 8.94. The predicted molar refractivity (Wildman–Crippen MR) is 98.4 cm³/mol. The second-order valence-electron chi connectivity index (χ2n) is 6.65. The van der Waals surface area contributed by atoms with E-state index in [2.05, 4.69) is 0 Å². The molecule has 0 radical (unpaired) electrons. The van der Waals surface area contributed by atoms with Crippen LogP contribution in [0.4, 0.5) is 27.6 Å². The average Bonchev–Trinajstić information content (AvgIpc) is 2.62. The smallest absolute Gasteiger partial charge is 0.368 e. The van der Waals surface area contributed by atoms with Crippen LogP contribution in [0.15, 0.2) is 41.3 Å². The third kappa shape index (κ3) is 4.34. The summed E-state index contributed by atoms with van der Waals surface area (Å²) in [5.41, 5.74) is -1.33. The van der Waals surface area contributed by atoms with Crippen molar-refractivity contribution in [3.8, 4) is 0 Å². The maximum absolute atomic E-state index is 13.3. The number of alkyl halides is 3. The molecule has 0 spiro atoms. The zero-order valence-corrected chi connectivity index (χ0v) is 16.6. The first-order chi connectivity index (χ1) is 13.4. The summed E-state index contributed by atoms with van der Waals surface area (Å²) in [6.45, 7) is 1.37. The Morgan fingerprint density at radius 2 is 1.76 bits per heavy atom. The molecule has 2 aromatic rings. The maximum atomic E-state index is 13.3. The minimum atomic E-state index is -4.76. The molecule has 1 atom stereocenters. The number of nitrogens with zero attached hydrogens (tertiary/aromatic N) is 2. The van der Waals surface area contributed by atoms with Crippen molar-refractivity contribution in [3.63, 3.8) is 0 Å². The van der Waals surface area contributed by atoms with Crippen LogP contribution < -0.4 is 4.90 Å². The van der Waals surface area contributed by atoms with Crippen LogP contribution in [0.5, 0.6) is 0 Å². The first kappa shape index (κ1) is 21.8. The fourth-order valence-corrected chi connectivity index (χ4v) is 5.19. The van der Waals surface area contributed by atoms with E-state index in [-0.39, 0.29) is 35.2 Å². The Morgan fingerprint density at radius 1 is 1.07 bits per heavy atom. The van der Waals surface area contributed by atoms with Gasteiger partial charge in [0.05, 0.1) is 15.5 Å². The summed E-state index contributed by atoms with van der Waals surface area (Å²) >= 11 is 5.67. The van der Waals surface area contributed by atoms with Gasteiger partial charge in [-0.05, 0) is 43.3 Å². The topological polar surface area (TPSA) is 40.6 Å². The lowest BCUT2D eigenvalue weighted by Crippen LogP contribution is -2.54. The zero-order chi connectivity index (χ0) is 21.6. The number of sulfonamides is 1. The molecule has 0 aromatic heterocycles. The van der Waals surface area contributed by atoms with E-state index in [1.807, 2.05) is 0 Å². The van der Waals surface area contributed by atoms with E-state index < -0.39 is 39.4 Å². The predicted octanol–water partition coefficient (Wildman–Crippen LogP) is 4.54. The molecule has 29 heavy (non-hydrogen) atoms. The molecular weight excluding hydrogens is 439 g/mol. The Morgan fingerprint density at radius 3 is 2.34 bits per heavy atom. The molecule has 3 rings (SSSR count). The van der Waals surface area contributed by atoms with E-state index in [1.54, 1.807) is 6.92 Å². The zero-order valence-electron chi connectivity index (χ0n) is 15.0. The van der Waals surface area contributed by atoms with Crippen LogP contribution in [0.1, 0.15) is 12.5 Å². The summed E-state index contributed by atoms with van der Waals surface area (Å²) in [7, 11) is -4.03. The molecule has 4 nitrogen and oxygen atoms in total. The van der Waals surface area contributed by atoms with E-state index in [9.17, 15) is 30.4 Å². The highest BCUT2D eigenvalue weighted by Crippen LogP contribution is 2.38. The minimum Gasteiger partial charge on any atom is -0.368 e. The van der Waals surface area contributed by atoms with E-state index >= 15 is 0 Å². The van der Waals surface area contributed by atoms with Gasteiger partial charge in [0.25, 0.3) is 0 Å². The molecule has 0 aliphatic carbocycles.